The zero-order valence-electron chi connectivity index (χ0n) is 9.42. The van der Waals surface area contributed by atoms with Crippen molar-refractivity contribution >= 4 is 28.4 Å². The largest absolute Gasteiger partial charge is 0.505 e. The van der Waals surface area contributed by atoms with Crippen LogP contribution in [0.4, 0.5) is 4.39 Å². The maximum Gasteiger partial charge on any atom is 0.231 e. The van der Waals surface area contributed by atoms with Gasteiger partial charge in [0.05, 0.1) is 16.2 Å². The van der Waals surface area contributed by atoms with E-state index in [1.54, 1.807) is 13.8 Å². The van der Waals surface area contributed by atoms with Crippen molar-refractivity contribution in [1.29, 1.82) is 0 Å². The molecule has 0 spiro atoms. The van der Waals surface area contributed by atoms with Crippen molar-refractivity contribution in [3.05, 3.63) is 28.7 Å². The van der Waals surface area contributed by atoms with Crippen LogP contribution >= 0.6 is 11.6 Å². The molecule has 0 radical (unpaired) electrons. The van der Waals surface area contributed by atoms with E-state index >= 15 is 0 Å². The number of aromatic nitrogens is 1. The average Bonchev–Trinajstić information content (AvgIpc) is 2.53. The summed E-state index contributed by atoms with van der Waals surface area (Å²) in [7, 11) is 0. The van der Waals surface area contributed by atoms with Gasteiger partial charge in [-0.3, -0.25) is 9.36 Å². The van der Waals surface area contributed by atoms with Crippen molar-refractivity contribution in [2.75, 3.05) is 0 Å². The predicted octanol–water partition coefficient (Wildman–Crippen LogP) is 3.50. The molecule has 0 saturated carbocycles. The molecular weight excluding hydrogens is 245 g/mol. The number of rotatable bonds is 1. The van der Waals surface area contributed by atoms with E-state index in [4.69, 9.17) is 11.6 Å². The number of hydrogen-bond acceptors (Lipinski definition) is 2. The summed E-state index contributed by atoms with van der Waals surface area (Å²) >= 11 is 5.69. The Balaban J connectivity index is 2.89. The fourth-order valence-corrected chi connectivity index (χ4v) is 2.03. The average molecular weight is 256 g/mol. The Kier molecular flexibility index (Phi) is 2.83. The molecule has 2 aromatic rings. The molecular formula is C12H11ClFNO2. The standard InChI is InChI=1S/C12H11ClFNO2/c1-3-11(16)15-6(2)12(17)7-4-9(14)8(13)5-10(7)15/h4-5,17H,3H2,1-2H3. The van der Waals surface area contributed by atoms with Crippen molar-refractivity contribution in [1.82, 2.24) is 4.57 Å². The molecule has 1 heterocycles. The zero-order valence-corrected chi connectivity index (χ0v) is 10.2. The van der Waals surface area contributed by atoms with Gasteiger partial charge in [-0.15, -0.1) is 0 Å². The highest BCUT2D eigenvalue weighted by molar-refractivity contribution is 6.31. The van der Waals surface area contributed by atoms with Crippen molar-refractivity contribution in [3.8, 4) is 5.75 Å². The van der Waals surface area contributed by atoms with E-state index in [0.29, 0.717) is 23.0 Å². The molecule has 2 rings (SSSR count). The topological polar surface area (TPSA) is 42.2 Å². The summed E-state index contributed by atoms with van der Waals surface area (Å²) in [5.74, 6) is -0.872. The summed E-state index contributed by atoms with van der Waals surface area (Å²) in [6.07, 6.45) is 0.291. The van der Waals surface area contributed by atoms with Gasteiger partial charge in [-0.05, 0) is 19.1 Å². The number of nitrogens with zero attached hydrogens (tertiary/aromatic N) is 1. The number of aromatic hydroxyl groups is 1. The van der Waals surface area contributed by atoms with Crippen LogP contribution in [0, 0.1) is 12.7 Å². The molecule has 1 aromatic carbocycles. The first-order chi connectivity index (χ1) is 7.97. The summed E-state index contributed by atoms with van der Waals surface area (Å²) in [6.45, 7) is 3.32. The molecule has 1 aromatic heterocycles. The first-order valence-electron chi connectivity index (χ1n) is 5.19. The number of carbonyl (C=O) groups is 1. The Labute approximate surface area is 102 Å². The molecule has 0 atom stereocenters. The van der Waals surface area contributed by atoms with Crippen LogP contribution in [0.15, 0.2) is 12.1 Å². The van der Waals surface area contributed by atoms with E-state index in [2.05, 4.69) is 0 Å². The minimum absolute atomic E-state index is 0.0693. The number of hydrogen-bond donors (Lipinski definition) is 1. The monoisotopic (exact) mass is 255 g/mol. The zero-order chi connectivity index (χ0) is 12.7. The van der Waals surface area contributed by atoms with Crippen molar-refractivity contribution < 1.29 is 14.3 Å². The van der Waals surface area contributed by atoms with Gasteiger partial charge in [-0.2, -0.15) is 0 Å². The van der Waals surface area contributed by atoms with Crippen molar-refractivity contribution in [3.63, 3.8) is 0 Å². The van der Waals surface area contributed by atoms with Crippen LogP contribution in [-0.4, -0.2) is 15.6 Å². The second kappa shape index (κ2) is 4.04. The van der Waals surface area contributed by atoms with Gasteiger partial charge in [-0.25, -0.2) is 4.39 Å². The third-order valence-electron chi connectivity index (χ3n) is 2.76. The molecule has 17 heavy (non-hydrogen) atoms. The minimum Gasteiger partial charge on any atom is -0.505 e. The minimum atomic E-state index is -0.615. The van der Waals surface area contributed by atoms with Crippen LogP contribution in [0.25, 0.3) is 10.9 Å². The maximum atomic E-state index is 13.3. The second-order valence-electron chi connectivity index (χ2n) is 3.80. The lowest BCUT2D eigenvalue weighted by Gasteiger charge is -2.04. The fraction of sp³-hybridized carbons (Fsp3) is 0.250. The Bertz CT molecular complexity index is 619. The van der Waals surface area contributed by atoms with Crippen molar-refractivity contribution in [2.24, 2.45) is 0 Å². The van der Waals surface area contributed by atoms with E-state index in [0.717, 1.165) is 6.07 Å². The van der Waals surface area contributed by atoms with Crippen LogP contribution in [0.3, 0.4) is 0 Å². The maximum absolute atomic E-state index is 13.3. The van der Waals surface area contributed by atoms with Crippen LogP contribution in [0.5, 0.6) is 5.75 Å². The van der Waals surface area contributed by atoms with Crippen LogP contribution in [0.1, 0.15) is 23.8 Å². The molecule has 0 aliphatic heterocycles. The first-order valence-corrected chi connectivity index (χ1v) is 5.57. The van der Waals surface area contributed by atoms with Crippen LogP contribution in [0.2, 0.25) is 5.02 Å². The molecule has 0 bridgehead atoms. The molecule has 0 aliphatic rings. The van der Waals surface area contributed by atoms with Gasteiger partial charge < -0.3 is 5.11 Å². The quantitative estimate of drug-likeness (QED) is 0.847. The lowest BCUT2D eigenvalue weighted by Crippen LogP contribution is -2.10. The summed E-state index contributed by atoms with van der Waals surface area (Å²) in [5, 5.41) is 10.1. The number of fused-ring (bicyclic) bond motifs is 1. The third kappa shape index (κ3) is 1.69. The second-order valence-corrected chi connectivity index (χ2v) is 4.21. The molecule has 0 amide bonds. The van der Waals surface area contributed by atoms with Gasteiger partial charge in [-0.1, -0.05) is 18.5 Å². The Morgan fingerprint density at radius 1 is 1.53 bits per heavy atom. The molecule has 0 aliphatic carbocycles. The molecule has 1 N–H and O–H groups in total. The van der Waals surface area contributed by atoms with Gasteiger partial charge in [0.15, 0.2) is 0 Å². The van der Waals surface area contributed by atoms with E-state index in [1.807, 2.05) is 0 Å². The molecule has 90 valence electrons. The summed E-state index contributed by atoms with van der Waals surface area (Å²) in [6, 6.07) is 2.49. The van der Waals surface area contributed by atoms with Gasteiger partial charge in [0.25, 0.3) is 0 Å². The highest BCUT2D eigenvalue weighted by Gasteiger charge is 2.18. The number of benzene rings is 1. The van der Waals surface area contributed by atoms with E-state index < -0.39 is 5.82 Å². The Hall–Kier alpha value is -1.55. The van der Waals surface area contributed by atoms with Crippen LogP contribution < -0.4 is 0 Å². The Morgan fingerprint density at radius 2 is 2.18 bits per heavy atom. The highest BCUT2D eigenvalue weighted by atomic mass is 35.5. The van der Waals surface area contributed by atoms with E-state index in [1.165, 1.54) is 10.6 Å². The fourth-order valence-electron chi connectivity index (χ4n) is 1.87. The molecule has 0 unspecified atom stereocenters. The predicted molar refractivity (Wildman–Crippen MR) is 64.2 cm³/mol. The highest BCUT2D eigenvalue weighted by Crippen LogP contribution is 2.34. The first kappa shape index (κ1) is 11.9. The van der Waals surface area contributed by atoms with Crippen LogP contribution in [-0.2, 0) is 0 Å². The number of carbonyl (C=O) groups excluding carboxylic acids is 1. The molecule has 0 saturated heterocycles. The van der Waals surface area contributed by atoms with Gasteiger partial charge in [0.2, 0.25) is 5.91 Å². The van der Waals surface area contributed by atoms with Gasteiger partial charge in [0, 0.05) is 11.8 Å². The summed E-state index contributed by atoms with van der Waals surface area (Å²) in [5.41, 5.74) is 0.826. The SMILES string of the molecule is CCC(=O)n1c(C)c(O)c2cc(F)c(Cl)cc21. The van der Waals surface area contributed by atoms with Crippen molar-refractivity contribution in [2.45, 2.75) is 20.3 Å². The van der Waals surface area contributed by atoms with Gasteiger partial charge in [0.1, 0.15) is 11.6 Å². The van der Waals surface area contributed by atoms with E-state index in [-0.39, 0.29) is 16.7 Å². The lowest BCUT2D eigenvalue weighted by molar-refractivity contribution is 0.0911. The smallest absolute Gasteiger partial charge is 0.231 e. The summed E-state index contributed by atoms with van der Waals surface area (Å²) < 4.78 is 14.7. The van der Waals surface area contributed by atoms with E-state index in [9.17, 15) is 14.3 Å². The van der Waals surface area contributed by atoms with Gasteiger partial charge >= 0.3 is 0 Å². The molecule has 5 heteroatoms. The number of halogens is 2. The molecule has 3 nitrogen and oxygen atoms in total. The normalized spacial score (nSPS) is 11.1. The molecule has 0 fully saturated rings. The lowest BCUT2D eigenvalue weighted by atomic mass is 10.2. The third-order valence-corrected chi connectivity index (χ3v) is 3.05. The Morgan fingerprint density at radius 3 is 2.76 bits per heavy atom. The summed E-state index contributed by atoms with van der Waals surface area (Å²) in [4.78, 5) is 11.8.